The molecular weight excluding hydrogens is 274 g/mol. The first-order chi connectivity index (χ1) is 9.58. The molecule has 0 saturated heterocycles. The number of nitrogens with zero attached hydrogens (tertiary/aromatic N) is 1. The normalized spacial score (nSPS) is 14.9. The van der Waals surface area contributed by atoms with Gasteiger partial charge in [0, 0.05) is 4.90 Å². The van der Waals surface area contributed by atoms with Crippen molar-refractivity contribution in [3.8, 4) is 0 Å². The van der Waals surface area contributed by atoms with E-state index in [0.717, 1.165) is 27.6 Å². The predicted molar refractivity (Wildman–Crippen MR) is 77.4 cm³/mol. The van der Waals surface area contributed by atoms with Gasteiger partial charge in [0.1, 0.15) is 0 Å². The highest BCUT2D eigenvalue weighted by Crippen LogP contribution is 2.28. The molecule has 1 aromatic rings. The molecule has 0 aromatic heterocycles. The van der Waals surface area contributed by atoms with Gasteiger partial charge in [-0.25, -0.2) is 0 Å². The number of carbonyl (C=O) groups is 2. The SMILES string of the molecule is C=CC1=C(C=C)C(=O)N(OSc2ccc(C)cc2)C1=O. The van der Waals surface area contributed by atoms with E-state index in [0.29, 0.717) is 0 Å². The van der Waals surface area contributed by atoms with Crippen LogP contribution in [-0.4, -0.2) is 16.9 Å². The van der Waals surface area contributed by atoms with Crippen molar-refractivity contribution in [3.63, 3.8) is 0 Å². The van der Waals surface area contributed by atoms with Crippen LogP contribution < -0.4 is 0 Å². The van der Waals surface area contributed by atoms with Crippen LogP contribution in [0.5, 0.6) is 0 Å². The Morgan fingerprint density at radius 2 is 1.55 bits per heavy atom. The van der Waals surface area contributed by atoms with E-state index >= 15 is 0 Å². The van der Waals surface area contributed by atoms with Crippen molar-refractivity contribution in [3.05, 3.63) is 66.3 Å². The van der Waals surface area contributed by atoms with Gasteiger partial charge in [-0.1, -0.05) is 43.0 Å². The highest BCUT2D eigenvalue weighted by Gasteiger charge is 2.37. The minimum absolute atomic E-state index is 0.203. The number of carbonyl (C=O) groups excluding carboxylic acids is 2. The van der Waals surface area contributed by atoms with E-state index in [1.807, 2.05) is 31.2 Å². The molecule has 102 valence electrons. The molecule has 1 aromatic carbocycles. The van der Waals surface area contributed by atoms with Gasteiger partial charge in [0.25, 0.3) is 11.8 Å². The highest BCUT2D eigenvalue weighted by molar-refractivity contribution is 7.94. The van der Waals surface area contributed by atoms with Gasteiger partial charge in [0.15, 0.2) is 0 Å². The van der Waals surface area contributed by atoms with Crippen LogP contribution in [0.2, 0.25) is 0 Å². The van der Waals surface area contributed by atoms with Crippen molar-refractivity contribution in [1.29, 1.82) is 0 Å². The summed E-state index contributed by atoms with van der Waals surface area (Å²) in [6.07, 6.45) is 2.66. The van der Waals surface area contributed by atoms with Crippen LogP contribution in [-0.2, 0) is 13.9 Å². The number of hydrogen-bond acceptors (Lipinski definition) is 4. The summed E-state index contributed by atoms with van der Waals surface area (Å²) in [6.45, 7) is 9.01. The first kappa shape index (κ1) is 14.3. The Bertz CT molecular complexity index is 587. The average Bonchev–Trinajstić information content (AvgIpc) is 2.68. The van der Waals surface area contributed by atoms with Gasteiger partial charge in [-0.05, 0) is 19.1 Å². The van der Waals surface area contributed by atoms with Crippen molar-refractivity contribution in [2.45, 2.75) is 11.8 Å². The van der Waals surface area contributed by atoms with Gasteiger partial charge < -0.3 is 0 Å². The van der Waals surface area contributed by atoms with Gasteiger partial charge in [-0.2, -0.15) is 4.28 Å². The van der Waals surface area contributed by atoms with E-state index in [4.69, 9.17) is 4.28 Å². The molecule has 2 amide bonds. The van der Waals surface area contributed by atoms with E-state index in [-0.39, 0.29) is 11.1 Å². The number of hydroxylamine groups is 2. The third-order valence-corrected chi connectivity index (χ3v) is 3.45. The summed E-state index contributed by atoms with van der Waals surface area (Å²) in [5.41, 5.74) is 1.52. The van der Waals surface area contributed by atoms with E-state index in [9.17, 15) is 9.59 Å². The van der Waals surface area contributed by atoms with Crippen LogP contribution in [0, 0.1) is 6.92 Å². The van der Waals surface area contributed by atoms with Crippen LogP contribution in [0.1, 0.15) is 5.56 Å². The average molecular weight is 287 g/mol. The number of aryl methyl sites for hydroxylation is 1. The summed E-state index contributed by atoms with van der Waals surface area (Å²) >= 11 is 0.948. The second-order valence-corrected chi connectivity index (χ2v) is 4.90. The lowest BCUT2D eigenvalue weighted by Crippen LogP contribution is -2.29. The summed E-state index contributed by atoms with van der Waals surface area (Å²) in [6, 6.07) is 7.53. The number of benzene rings is 1. The fraction of sp³-hybridized carbons (Fsp3) is 0.0667. The fourth-order valence-corrected chi connectivity index (χ4v) is 2.22. The highest BCUT2D eigenvalue weighted by atomic mass is 32.2. The van der Waals surface area contributed by atoms with E-state index in [2.05, 4.69) is 13.2 Å². The Labute approximate surface area is 121 Å². The Morgan fingerprint density at radius 3 is 2.00 bits per heavy atom. The fourth-order valence-electron chi connectivity index (χ4n) is 1.68. The Hall–Kier alpha value is -2.11. The largest absolute Gasteiger partial charge is 0.286 e. The monoisotopic (exact) mass is 287 g/mol. The number of amides is 2. The molecule has 0 spiro atoms. The Morgan fingerprint density at radius 1 is 1.05 bits per heavy atom. The molecule has 4 nitrogen and oxygen atoms in total. The molecule has 5 heteroatoms. The molecule has 20 heavy (non-hydrogen) atoms. The zero-order valence-electron chi connectivity index (χ0n) is 11.0. The molecule has 0 radical (unpaired) electrons. The summed E-state index contributed by atoms with van der Waals surface area (Å²) in [5, 5.41) is 0.721. The first-order valence-corrected chi connectivity index (χ1v) is 6.62. The first-order valence-electron chi connectivity index (χ1n) is 5.87. The van der Waals surface area contributed by atoms with Gasteiger partial charge >= 0.3 is 0 Å². The second kappa shape index (κ2) is 5.90. The minimum atomic E-state index is -0.528. The number of rotatable bonds is 5. The lowest BCUT2D eigenvalue weighted by Gasteiger charge is -2.12. The summed E-state index contributed by atoms with van der Waals surface area (Å²) in [5.74, 6) is -1.06. The quantitative estimate of drug-likeness (QED) is 0.617. The molecular formula is C15H13NO3S. The van der Waals surface area contributed by atoms with Crippen LogP contribution in [0.3, 0.4) is 0 Å². The van der Waals surface area contributed by atoms with Crippen LogP contribution >= 0.6 is 12.0 Å². The minimum Gasteiger partial charge on any atom is -0.266 e. The van der Waals surface area contributed by atoms with Crippen LogP contribution in [0.25, 0.3) is 0 Å². The van der Waals surface area contributed by atoms with E-state index in [1.165, 1.54) is 12.2 Å². The molecule has 0 saturated carbocycles. The number of hydrogen-bond donors (Lipinski definition) is 0. The third-order valence-electron chi connectivity index (χ3n) is 2.76. The van der Waals surface area contributed by atoms with Crippen LogP contribution in [0.15, 0.2) is 65.6 Å². The Kier molecular flexibility index (Phi) is 4.22. The van der Waals surface area contributed by atoms with E-state index < -0.39 is 11.8 Å². The molecule has 0 aliphatic carbocycles. The maximum Gasteiger partial charge on any atom is 0.286 e. The lowest BCUT2D eigenvalue weighted by molar-refractivity contribution is -0.160. The second-order valence-electron chi connectivity index (χ2n) is 4.11. The molecule has 0 unspecified atom stereocenters. The van der Waals surface area contributed by atoms with Gasteiger partial charge in [-0.3, -0.25) is 9.59 Å². The topological polar surface area (TPSA) is 46.6 Å². The van der Waals surface area contributed by atoms with Crippen LogP contribution in [0.4, 0.5) is 0 Å². The molecule has 0 fully saturated rings. The molecule has 2 rings (SSSR count). The maximum absolute atomic E-state index is 12.0. The molecule has 1 aliphatic heterocycles. The van der Waals surface area contributed by atoms with Crippen molar-refractivity contribution in [2.24, 2.45) is 0 Å². The predicted octanol–water partition coefficient (Wildman–Crippen LogP) is 2.97. The zero-order chi connectivity index (χ0) is 14.7. The molecule has 0 bridgehead atoms. The van der Waals surface area contributed by atoms with Crippen molar-refractivity contribution < 1.29 is 13.9 Å². The van der Waals surface area contributed by atoms with E-state index in [1.54, 1.807) is 0 Å². The number of imide groups is 1. The molecule has 1 heterocycles. The molecule has 0 atom stereocenters. The molecule has 1 aliphatic rings. The van der Waals surface area contributed by atoms with Crippen molar-refractivity contribution in [2.75, 3.05) is 0 Å². The van der Waals surface area contributed by atoms with Gasteiger partial charge in [0.2, 0.25) is 0 Å². The van der Waals surface area contributed by atoms with Crippen molar-refractivity contribution >= 4 is 23.9 Å². The smallest absolute Gasteiger partial charge is 0.266 e. The zero-order valence-corrected chi connectivity index (χ0v) is 11.8. The summed E-state index contributed by atoms with van der Waals surface area (Å²) in [4.78, 5) is 24.8. The lowest BCUT2D eigenvalue weighted by atomic mass is 10.1. The third kappa shape index (κ3) is 2.59. The Balaban J connectivity index is 2.10. The standard InChI is InChI=1S/C15H13NO3S/c1-4-12-13(5-2)15(18)16(14(12)17)19-20-11-8-6-10(3)7-9-11/h4-9H,1-2H2,3H3. The van der Waals surface area contributed by atoms with Gasteiger partial charge in [0.05, 0.1) is 23.2 Å². The van der Waals surface area contributed by atoms with Gasteiger partial charge in [-0.15, -0.1) is 5.06 Å². The molecule has 0 N–H and O–H groups in total. The summed E-state index contributed by atoms with van der Waals surface area (Å²) < 4.78 is 5.23. The maximum atomic E-state index is 12.0. The van der Waals surface area contributed by atoms with Crippen molar-refractivity contribution in [1.82, 2.24) is 5.06 Å². The summed E-state index contributed by atoms with van der Waals surface area (Å²) in [7, 11) is 0.